The van der Waals surface area contributed by atoms with Crippen LogP contribution in [0.15, 0.2) is 12.2 Å². The van der Waals surface area contributed by atoms with E-state index in [1.807, 2.05) is 26.0 Å². The fourth-order valence-electron chi connectivity index (χ4n) is 7.13. The first-order chi connectivity index (χ1) is 12.4. The highest BCUT2D eigenvalue weighted by Gasteiger charge is 2.68. The molecule has 0 radical (unpaired) electrons. The first-order valence-electron chi connectivity index (χ1n) is 10.4. The predicted molar refractivity (Wildman–Crippen MR) is 94.9 cm³/mol. The number of fused-ring (bicyclic) bond motifs is 9. The molecule has 5 aliphatic carbocycles. The molecule has 5 rings (SSSR count). The molecule has 7 atom stereocenters. The molecule has 5 aliphatic rings. The summed E-state index contributed by atoms with van der Waals surface area (Å²) >= 11 is 0. The fraction of sp³-hybridized carbons (Fsp3) is 0.773. The standard InChI is InChI=1S/C22H28O4/c1-22(2,12-5-3-4-6-12)26-16(23)10-11-9-15-18-13-7-8-14(20(13)24)19(18)17(11)21(15)25/h7-8,11-15,17-19H,3-6,9-10H2,1-2H3. The minimum absolute atomic E-state index is 0.00505. The van der Waals surface area contributed by atoms with E-state index in [1.54, 1.807) is 0 Å². The fourth-order valence-corrected chi connectivity index (χ4v) is 7.13. The number of hydrogen-bond donors (Lipinski definition) is 0. The number of ether oxygens (including phenoxy) is 1. The molecule has 0 heterocycles. The molecule has 0 aromatic heterocycles. The topological polar surface area (TPSA) is 60.4 Å². The van der Waals surface area contributed by atoms with Crippen LogP contribution in [0, 0.1) is 47.3 Å². The second-order valence-electron chi connectivity index (χ2n) is 9.79. The van der Waals surface area contributed by atoms with Crippen LogP contribution in [0.25, 0.3) is 0 Å². The van der Waals surface area contributed by atoms with Crippen LogP contribution in [-0.4, -0.2) is 23.1 Å². The first-order valence-corrected chi connectivity index (χ1v) is 10.4. The Labute approximate surface area is 154 Å². The van der Waals surface area contributed by atoms with Crippen LogP contribution in [0.1, 0.15) is 52.4 Å². The Hall–Kier alpha value is -1.45. The molecule has 0 N–H and O–H groups in total. The molecule has 26 heavy (non-hydrogen) atoms. The average Bonchev–Trinajstić information content (AvgIpc) is 3.35. The van der Waals surface area contributed by atoms with Gasteiger partial charge in [0.1, 0.15) is 17.2 Å². The van der Waals surface area contributed by atoms with Crippen LogP contribution in [0.5, 0.6) is 0 Å². The minimum Gasteiger partial charge on any atom is -0.459 e. The summed E-state index contributed by atoms with van der Waals surface area (Å²) in [5, 5.41) is 0. The molecule has 0 aromatic rings. The van der Waals surface area contributed by atoms with E-state index in [4.69, 9.17) is 4.74 Å². The van der Waals surface area contributed by atoms with Gasteiger partial charge in [-0.25, -0.2) is 0 Å². The van der Waals surface area contributed by atoms with E-state index in [-0.39, 0.29) is 47.4 Å². The zero-order valence-corrected chi connectivity index (χ0v) is 15.6. The van der Waals surface area contributed by atoms with Crippen LogP contribution in [0.2, 0.25) is 0 Å². The van der Waals surface area contributed by atoms with Gasteiger partial charge >= 0.3 is 5.97 Å². The number of carbonyl (C=O) groups is 3. The van der Waals surface area contributed by atoms with Gasteiger partial charge in [0, 0.05) is 30.1 Å². The van der Waals surface area contributed by atoms with Gasteiger partial charge in [-0.05, 0) is 56.8 Å². The number of esters is 1. The second-order valence-corrected chi connectivity index (χ2v) is 9.79. The molecular weight excluding hydrogens is 328 g/mol. The van der Waals surface area contributed by atoms with Crippen LogP contribution >= 0.6 is 0 Å². The van der Waals surface area contributed by atoms with Crippen molar-refractivity contribution in [2.75, 3.05) is 0 Å². The smallest absolute Gasteiger partial charge is 0.306 e. The second kappa shape index (κ2) is 5.53. The van der Waals surface area contributed by atoms with Crippen molar-refractivity contribution >= 4 is 17.5 Å². The van der Waals surface area contributed by atoms with Crippen molar-refractivity contribution in [2.24, 2.45) is 47.3 Å². The van der Waals surface area contributed by atoms with Crippen molar-refractivity contribution in [3.8, 4) is 0 Å². The lowest BCUT2D eigenvalue weighted by Gasteiger charge is -2.35. The van der Waals surface area contributed by atoms with Crippen molar-refractivity contribution in [1.29, 1.82) is 0 Å². The van der Waals surface area contributed by atoms with E-state index in [9.17, 15) is 14.4 Å². The summed E-state index contributed by atoms with van der Waals surface area (Å²) in [7, 11) is 0. The van der Waals surface area contributed by atoms with Gasteiger partial charge in [-0.15, -0.1) is 0 Å². The molecular formula is C22H28O4. The third-order valence-electron chi connectivity index (χ3n) is 8.24. The lowest BCUT2D eigenvalue weighted by Crippen LogP contribution is -2.37. The SMILES string of the molecule is CC(C)(OC(=O)CC1CC2C(=O)C1C1C3C=CC(C3=O)C21)C1CCCC1. The summed E-state index contributed by atoms with van der Waals surface area (Å²) in [6, 6.07) is 0. The Bertz CT molecular complexity index is 699. The molecule has 4 heteroatoms. The highest BCUT2D eigenvalue weighted by atomic mass is 16.6. The normalized spacial score (nSPS) is 43.5. The monoisotopic (exact) mass is 356 g/mol. The molecule has 0 amide bonds. The minimum atomic E-state index is -0.414. The van der Waals surface area contributed by atoms with Gasteiger partial charge in [0.05, 0.1) is 0 Å². The number of Topliss-reactive ketones (excluding diaryl/α,β-unsaturated/α-hetero) is 2. The Kier molecular flexibility index (Phi) is 3.55. The highest BCUT2D eigenvalue weighted by molar-refractivity contribution is 5.99. The van der Waals surface area contributed by atoms with Crippen molar-refractivity contribution in [3.05, 3.63) is 12.2 Å². The number of allylic oxidation sites excluding steroid dienone is 2. The molecule has 4 bridgehead atoms. The largest absolute Gasteiger partial charge is 0.459 e. The van der Waals surface area contributed by atoms with Crippen LogP contribution < -0.4 is 0 Å². The number of carbonyl (C=O) groups excluding carboxylic acids is 3. The van der Waals surface area contributed by atoms with E-state index >= 15 is 0 Å². The van der Waals surface area contributed by atoms with E-state index in [2.05, 4.69) is 0 Å². The number of ketones is 2. The van der Waals surface area contributed by atoms with Gasteiger partial charge in [0.2, 0.25) is 0 Å². The Morgan fingerprint density at radius 1 is 1.08 bits per heavy atom. The predicted octanol–water partition coefficient (Wildman–Crippen LogP) is 3.34. The van der Waals surface area contributed by atoms with Gasteiger partial charge in [-0.3, -0.25) is 14.4 Å². The first kappa shape index (κ1) is 16.7. The lowest BCUT2D eigenvalue weighted by molar-refractivity contribution is -0.163. The molecule has 140 valence electrons. The molecule has 0 spiro atoms. The lowest BCUT2D eigenvalue weighted by atomic mass is 9.69. The number of hydrogen-bond acceptors (Lipinski definition) is 4. The third kappa shape index (κ3) is 2.16. The average molecular weight is 356 g/mol. The highest BCUT2D eigenvalue weighted by Crippen LogP contribution is 2.64. The Balaban J connectivity index is 1.28. The maximum Gasteiger partial charge on any atom is 0.306 e. The van der Waals surface area contributed by atoms with E-state index < -0.39 is 5.60 Å². The van der Waals surface area contributed by atoms with Crippen molar-refractivity contribution in [3.63, 3.8) is 0 Å². The van der Waals surface area contributed by atoms with E-state index in [0.29, 0.717) is 23.9 Å². The molecule has 0 aliphatic heterocycles. The Morgan fingerprint density at radius 2 is 1.73 bits per heavy atom. The van der Waals surface area contributed by atoms with Crippen molar-refractivity contribution in [2.45, 2.75) is 58.0 Å². The third-order valence-corrected chi connectivity index (χ3v) is 8.24. The summed E-state index contributed by atoms with van der Waals surface area (Å²) in [4.78, 5) is 37.9. The summed E-state index contributed by atoms with van der Waals surface area (Å²) < 4.78 is 5.89. The van der Waals surface area contributed by atoms with Crippen molar-refractivity contribution < 1.29 is 19.1 Å². The quantitative estimate of drug-likeness (QED) is 0.440. The van der Waals surface area contributed by atoms with Crippen molar-refractivity contribution in [1.82, 2.24) is 0 Å². The summed E-state index contributed by atoms with van der Waals surface area (Å²) in [5.74, 6) is 1.16. The van der Waals surface area contributed by atoms with Crippen LogP contribution in [0.3, 0.4) is 0 Å². The molecule has 4 saturated carbocycles. The molecule has 7 unspecified atom stereocenters. The van der Waals surface area contributed by atoms with Crippen LogP contribution in [-0.2, 0) is 19.1 Å². The zero-order chi connectivity index (χ0) is 18.2. The number of rotatable bonds is 4. The molecule has 4 nitrogen and oxygen atoms in total. The summed E-state index contributed by atoms with van der Waals surface area (Å²) in [6.45, 7) is 4.06. The molecule has 0 aromatic carbocycles. The van der Waals surface area contributed by atoms with E-state index in [0.717, 1.165) is 19.3 Å². The summed E-state index contributed by atoms with van der Waals surface area (Å²) in [6.07, 6.45) is 9.85. The zero-order valence-electron chi connectivity index (χ0n) is 15.6. The van der Waals surface area contributed by atoms with Gasteiger partial charge in [0.15, 0.2) is 0 Å². The summed E-state index contributed by atoms with van der Waals surface area (Å²) in [5.41, 5.74) is -0.414. The van der Waals surface area contributed by atoms with Gasteiger partial charge in [-0.2, -0.15) is 0 Å². The van der Waals surface area contributed by atoms with Gasteiger partial charge in [-0.1, -0.05) is 25.0 Å². The Morgan fingerprint density at radius 3 is 2.42 bits per heavy atom. The van der Waals surface area contributed by atoms with Gasteiger partial charge < -0.3 is 4.74 Å². The van der Waals surface area contributed by atoms with Gasteiger partial charge in [0.25, 0.3) is 0 Å². The van der Waals surface area contributed by atoms with E-state index in [1.165, 1.54) is 12.8 Å². The maximum absolute atomic E-state index is 12.8. The van der Waals surface area contributed by atoms with Crippen LogP contribution in [0.4, 0.5) is 0 Å². The maximum atomic E-state index is 12.8. The molecule has 4 fully saturated rings. The molecule has 0 saturated heterocycles.